The Hall–Kier alpha value is -3.64. The number of rotatable bonds is 8. The molecule has 0 bridgehead atoms. The standard InChI is InChI=1S/C25H26N4O2/c1-18(30)16-26-25-27-21-14-8-9-15-22(21)29(25)17-23(31)28-24(19-10-4-2-5-11-19)20-12-6-3-7-13-20/h2-15,18,24,30H,16-17H2,1H3,(H,26,27)(H,28,31)/t18-/m0/s1. The van der Waals surface area contributed by atoms with Gasteiger partial charge in [-0.1, -0.05) is 72.8 Å². The quantitative estimate of drug-likeness (QED) is 0.410. The molecule has 6 nitrogen and oxygen atoms in total. The Labute approximate surface area is 181 Å². The number of hydrogen-bond donors (Lipinski definition) is 3. The molecule has 3 N–H and O–H groups in total. The van der Waals surface area contributed by atoms with Crippen molar-refractivity contribution in [3.05, 3.63) is 96.1 Å². The lowest BCUT2D eigenvalue weighted by Crippen LogP contribution is -2.32. The average Bonchev–Trinajstić information content (AvgIpc) is 3.14. The summed E-state index contributed by atoms with van der Waals surface area (Å²) in [5, 5.41) is 16.0. The normalized spacial score (nSPS) is 12.1. The maximum absolute atomic E-state index is 13.2. The number of nitrogens with zero attached hydrogens (tertiary/aromatic N) is 2. The molecule has 0 saturated carbocycles. The summed E-state index contributed by atoms with van der Waals surface area (Å²) in [7, 11) is 0. The van der Waals surface area contributed by atoms with E-state index in [9.17, 15) is 9.90 Å². The molecule has 158 valence electrons. The van der Waals surface area contributed by atoms with E-state index in [0.717, 1.165) is 22.2 Å². The van der Waals surface area contributed by atoms with Crippen LogP contribution < -0.4 is 10.6 Å². The molecule has 0 spiro atoms. The predicted octanol–water partition coefficient (Wildman–Crippen LogP) is 3.73. The van der Waals surface area contributed by atoms with Crippen LogP contribution in [0, 0.1) is 0 Å². The molecule has 31 heavy (non-hydrogen) atoms. The third-order valence-electron chi connectivity index (χ3n) is 5.08. The van der Waals surface area contributed by atoms with Crippen molar-refractivity contribution in [2.24, 2.45) is 0 Å². The number of aromatic nitrogens is 2. The summed E-state index contributed by atoms with van der Waals surface area (Å²) in [4.78, 5) is 17.8. The number of benzene rings is 3. The SMILES string of the molecule is C[C@H](O)CNc1nc2ccccc2n1CC(=O)NC(c1ccccc1)c1ccccc1. The summed E-state index contributed by atoms with van der Waals surface area (Å²) >= 11 is 0. The van der Waals surface area contributed by atoms with E-state index in [1.54, 1.807) is 6.92 Å². The Morgan fingerprint density at radius 1 is 0.935 bits per heavy atom. The predicted molar refractivity (Wildman–Crippen MR) is 123 cm³/mol. The van der Waals surface area contributed by atoms with Gasteiger partial charge in [0.2, 0.25) is 11.9 Å². The van der Waals surface area contributed by atoms with Crippen LogP contribution in [-0.2, 0) is 11.3 Å². The monoisotopic (exact) mass is 414 g/mol. The Kier molecular flexibility index (Phi) is 6.29. The van der Waals surface area contributed by atoms with Gasteiger partial charge in [0, 0.05) is 6.54 Å². The van der Waals surface area contributed by atoms with Crippen LogP contribution in [-0.4, -0.2) is 33.2 Å². The van der Waals surface area contributed by atoms with Crippen molar-refractivity contribution in [2.75, 3.05) is 11.9 Å². The van der Waals surface area contributed by atoms with E-state index in [0.29, 0.717) is 12.5 Å². The minimum atomic E-state index is -0.525. The topological polar surface area (TPSA) is 79.2 Å². The summed E-state index contributed by atoms with van der Waals surface area (Å²) < 4.78 is 1.85. The van der Waals surface area contributed by atoms with Crippen LogP contribution >= 0.6 is 0 Å². The van der Waals surface area contributed by atoms with Crippen molar-refractivity contribution in [2.45, 2.75) is 25.6 Å². The molecule has 4 aromatic rings. The molecule has 0 radical (unpaired) electrons. The molecule has 4 rings (SSSR count). The summed E-state index contributed by atoms with van der Waals surface area (Å²) in [6.07, 6.45) is -0.525. The van der Waals surface area contributed by atoms with E-state index in [4.69, 9.17) is 0 Å². The van der Waals surface area contributed by atoms with Crippen LogP contribution in [0.1, 0.15) is 24.1 Å². The molecule has 1 amide bonds. The summed E-state index contributed by atoms with van der Waals surface area (Å²) in [5.74, 6) is 0.439. The summed E-state index contributed by atoms with van der Waals surface area (Å²) in [6, 6.07) is 27.3. The van der Waals surface area contributed by atoms with E-state index >= 15 is 0 Å². The maximum atomic E-state index is 13.2. The second-order valence-corrected chi connectivity index (χ2v) is 7.56. The number of amides is 1. The molecule has 0 aliphatic carbocycles. The number of carbonyl (C=O) groups is 1. The van der Waals surface area contributed by atoms with Gasteiger partial charge in [-0.15, -0.1) is 0 Å². The molecule has 3 aromatic carbocycles. The molecule has 0 aliphatic heterocycles. The van der Waals surface area contributed by atoms with Gasteiger partial charge in [-0.3, -0.25) is 4.79 Å². The van der Waals surface area contributed by atoms with Crippen LogP contribution in [0.4, 0.5) is 5.95 Å². The van der Waals surface area contributed by atoms with E-state index in [2.05, 4.69) is 15.6 Å². The van der Waals surface area contributed by atoms with E-state index in [1.807, 2.05) is 89.5 Å². The van der Waals surface area contributed by atoms with E-state index < -0.39 is 6.10 Å². The number of anilines is 1. The summed E-state index contributed by atoms with van der Waals surface area (Å²) in [5.41, 5.74) is 3.70. The second-order valence-electron chi connectivity index (χ2n) is 7.56. The first-order chi connectivity index (χ1) is 15.1. The van der Waals surface area contributed by atoms with Crippen molar-refractivity contribution >= 4 is 22.9 Å². The fraction of sp³-hybridized carbons (Fsp3) is 0.200. The van der Waals surface area contributed by atoms with Gasteiger partial charge in [0.1, 0.15) is 6.54 Å². The van der Waals surface area contributed by atoms with Crippen molar-refractivity contribution < 1.29 is 9.90 Å². The zero-order valence-corrected chi connectivity index (χ0v) is 17.4. The van der Waals surface area contributed by atoms with Gasteiger partial charge < -0.3 is 20.3 Å². The zero-order chi connectivity index (χ0) is 21.6. The number of fused-ring (bicyclic) bond motifs is 1. The molecule has 0 aliphatic rings. The number of nitrogens with one attached hydrogen (secondary N) is 2. The first-order valence-corrected chi connectivity index (χ1v) is 10.4. The molecule has 0 saturated heterocycles. The summed E-state index contributed by atoms with van der Waals surface area (Å²) in [6.45, 7) is 2.16. The second kappa shape index (κ2) is 9.45. The molecular formula is C25H26N4O2. The molecular weight excluding hydrogens is 388 g/mol. The first kappa shape index (κ1) is 20.6. The lowest BCUT2D eigenvalue weighted by atomic mass is 9.99. The molecule has 0 unspecified atom stereocenters. The molecule has 1 atom stereocenters. The van der Waals surface area contributed by atoms with Gasteiger partial charge in [0.25, 0.3) is 0 Å². The van der Waals surface area contributed by atoms with Crippen LogP contribution in [0.3, 0.4) is 0 Å². The van der Waals surface area contributed by atoms with Gasteiger partial charge in [-0.05, 0) is 30.2 Å². The van der Waals surface area contributed by atoms with Crippen molar-refractivity contribution in [3.8, 4) is 0 Å². The maximum Gasteiger partial charge on any atom is 0.240 e. The van der Waals surface area contributed by atoms with Crippen LogP contribution in [0.5, 0.6) is 0 Å². The Bertz CT molecular complexity index is 1100. The zero-order valence-electron chi connectivity index (χ0n) is 17.4. The lowest BCUT2D eigenvalue weighted by Gasteiger charge is -2.20. The Morgan fingerprint density at radius 3 is 2.13 bits per heavy atom. The van der Waals surface area contributed by atoms with Gasteiger partial charge >= 0.3 is 0 Å². The van der Waals surface area contributed by atoms with Gasteiger partial charge in [0.15, 0.2) is 0 Å². The third kappa shape index (κ3) is 4.92. The Balaban J connectivity index is 1.61. The number of para-hydroxylation sites is 2. The van der Waals surface area contributed by atoms with Crippen molar-refractivity contribution in [1.29, 1.82) is 0 Å². The Morgan fingerprint density at radius 2 is 1.52 bits per heavy atom. The van der Waals surface area contributed by atoms with E-state index in [1.165, 1.54) is 0 Å². The molecule has 0 fully saturated rings. The highest BCUT2D eigenvalue weighted by atomic mass is 16.3. The van der Waals surface area contributed by atoms with Crippen LogP contribution in [0.25, 0.3) is 11.0 Å². The average molecular weight is 415 g/mol. The van der Waals surface area contributed by atoms with E-state index in [-0.39, 0.29) is 18.5 Å². The minimum Gasteiger partial charge on any atom is -0.392 e. The number of aliphatic hydroxyl groups excluding tert-OH is 1. The fourth-order valence-electron chi connectivity index (χ4n) is 3.61. The van der Waals surface area contributed by atoms with Crippen LogP contribution in [0.2, 0.25) is 0 Å². The number of hydrogen-bond acceptors (Lipinski definition) is 4. The molecule has 1 heterocycles. The smallest absolute Gasteiger partial charge is 0.240 e. The number of carbonyl (C=O) groups excluding carboxylic acids is 1. The van der Waals surface area contributed by atoms with Gasteiger partial charge in [-0.2, -0.15) is 0 Å². The number of aliphatic hydroxyl groups is 1. The highest BCUT2D eigenvalue weighted by Crippen LogP contribution is 2.23. The van der Waals surface area contributed by atoms with Crippen LogP contribution in [0.15, 0.2) is 84.9 Å². The lowest BCUT2D eigenvalue weighted by molar-refractivity contribution is -0.122. The largest absolute Gasteiger partial charge is 0.392 e. The van der Waals surface area contributed by atoms with Crippen molar-refractivity contribution in [3.63, 3.8) is 0 Å². The first-order valence-electron chi connectivity index (χ1n) is 10.4. The van der Waals surface area contributed by atoms with Gasteiger partial charge in [-0.25, -0.2) is 4.98 Å². The number of imidazole rings is 1. The highest BCUT2D eigenvalue weighted by Gasteiger charge is 2.19. The van der Waals surface area contributed by atoms with Crippen molar-refractivity contribution in [1.82, 2.24) is 14.9 Å². The fourth-order valence-corrected chi connectivity index (χ4v) is 3.61. The minimum absolute atomic E-state index is 0.110. The van der Waals surface area contributed by atoms with Gasteiger partial charge in [0.05, 0.1) is 23.2 Å². The highest BCUT2D eigenvalue weighted by molar-refractivity contribution is 5.83. The molecule has 1 aromatic heterocycles. The molecule has 6 heteroatoms. The third-order valence-corrected chi connectivity index (χ3v) is 5.08.